The minimum Gasteiger partial charge on any atom is -0.377 e. The predicted molar refractivity (Wildman–Crippen MR) is 63.7 cm³/mol. The zero-order valence-corrected chi connectivity index (χ0v) is 9.94. The van der Waals surface area contributed by atoms with Crippen LogP contribution in [0.15, 0.2) is 30.3 Å². The van der Waals surface area contributed by atoms with Crippen LogP contribution in [0.2, 0.25) is 0 Å². The maximum atomic E-state index is 11.6. The van der Waals surface area contributed by atoms with Crippen molar-refractivity contribution in [3.63, 3.8) is 0 Å². The molecule has 0 bridgehead atoms. The number of rotatable bonds is 10. The first-order valence-electron chi connectivity index (χ1n) is 5.76. The molecule has 0 amide bonds. The van der Waals surface area contributed by atoms with Crippen molar-refractivity contribution in [1.29, 1.82) is 0 Å². The molecule has 0 saturated carbocycles. The molecule has 0 atom stereocenters. The van der Waals surface area contributed by atoms with Crippen LogP contribution in [0.3, 0.4) is 0 Å². The Morgan fingerprint density at radius 2 is 1.35 bits per heavy atom. The second-order valence-electron chi connectivity index (χ2n) is 3.45. The lowest BCUT2D eigenvalue weighted by atomic mass is 10.2. The van der Waals surface area contributed by atoms with E-state index in [0.717, 1.165) is 5.56 Å². The SMILES string of the molecule is FCCOCCOCCOCc1ccccc1. The molecule has 0 fully saturated rings. The van der Waals surface area contributed by atoms with Crippen molar-refractivity contribution < 1.29 is 18.6 Å². The molecule has 1 aromatic rings. The largest absolute Gasteiger partial charge is 0.377 e. The van der Waals surface area contributed by atoms with Crippen molar-refractivity contribution in [2.75, 3.05) is 39.7 Å². The highest BCUT2D eigenvalue weighted by Gasteiger charge is 1.93. The third-order valence-corrected chi connectivity index (χ3v) is 2.08. The van der Waals surface area contributed by atoms with Crippen molar-refractivity contribution in [2.24, 2.45) is 0 Å². The van der Waals surface area contributed by atoms with Crippen LogP contribution in [0.5, 0.6) is 0 Å². The molecule has 0 saturated heterocycles. The van der Waals surface area contributed by atoms with E-state index < -0.39 is 6.67 Å². The molecule has 17 heavy (non-hydrogen) atoms. The molecular formula is C13H19FO3. The van der Waals surface area contributed by atoms with Crippen LogP contribution in [0.4, 0.5) is 4.39 Å². The maximum Gasteiger partial charge on any atom is 0.113 e. The van der Waals surface area contributed by atoms with Crippen LogP contribution < -0.4 is 0 Å². The number of benzene rings is 1. The molecule has 0 aliphatic rings. The molecule has 1 rings (SSSR count). The summed E-state index contributed by atoms with van der Waals surface area (Å²) in [5.41, 5.74) is 1.15. The summed E-state index contributed by atoms with van der Waals surface area (Å²) >= 11 is 0. The van der Waals surface area contributed by atoms with Gasteiger partial charge < -0.3 is 14.2 Å². The van der Waals surface area contributed by atoms with Gasteiger partial charge in [0, 0.05) is 0 Å². The molecule has 0 aliphatic carbocycles. The molecular weight excluding hydrogens is 223 g/mol. The molecule has 0 heterocycles. The van der Waals surface area contributed by atoms with Gasteiger partial charge in [0.25, 0.3) is 0 Å². The second-order valence-corrected chi connectivity index (χ2v) is 3.45. The van der Waals surface area contributed by atoms with Crippen LogP contribution in [0, 0.1) is 0 Å². The molecule has 0 spiro atoms. The summed E-state index contributed by atoms with van der Waals surface area (Å²) in [4.78, 5) is 0. The fourth-order valence-electron chi connectivity index (χ4n) is 1.26. The summed E-state index contributed by atoms with van der Waals surface area (Å²) < 4.78 is 27.2. The van der Waals surface area contributed by atoms with Gasteiger partial charge in [-0.3, -0.25) is 0 Å². The van der Waals surface area contributed by atoms with Gasteiger partial charge in [0.15, 0.2) is 0 Å². The highest BCUT2D eigenvalue weighted by molar-refractivity contribution is 5.13. The fourth-order valence-corrected chi connectivity index (χ4v) is 1.26. The van der Waals surface area contributed by atoms with E-state index in [1.165, 1.54) is 0 Å². The molecule has 1 aromatic carbocycles. The van der Waals surface area contributed by atoms with Crippen molar-refractivity contribution >= 4 is 0 Å². The second kappa shape index (κ2) is 10.2. The van der Waals surface area contributed by atoms with Gasteiger partial charge in [-0.1, -0.05) is 30.3 Å². The Balaban J connectivity index is 1.85. The van der Waals surface area contributed by atoms with Crippen LogP contribution in [-0.4, -0.2) is 39.7 Å². The van der Waals surface area contributed by atoms with Gasteiger partial charge in [0.05, 0.1) is 39.6 Å². The zero-order valence-electron chi connectivity index (χ0n) is 9.94. The average Bonchev–Trinajstić information content (AvgIpc) is 2.38. The van der Waals surface area contributed by atoms with Crippen LogP contribution in [0.25, 0.3) is 0 Å². The van der Waals surface area contributed by atoms with Crippen molar-refractivity contribution in [2.45, 2.75) is 6.61 Å². The van der Waals surface area contributed by atoms with Crippen LogP contribution >= 0.6 is 0 Å². The minimum absolute atomic E-state index is 0.147. The van der Waals surface area contributed by atoms with Gasteiger partial charge in [-0.05, 0) is 5.56 Å². The molecule has 4 heteroatoms. The van der Waals surface area contributed by atoms with Crippen LogP contribution in [0.1, 0.15) is 5.56 Å². The van der Waals surface area contributed by atoms with E-state index in [2.05, 4.69) is 0 Å². The van der Waals surface area contributed by atoms with Gasteiger partial charge >= 0.3 is 0 Å². The number of ether oxygens (including phenoxy) is 3. The molecule has 0 radical (unpaired) electrons. The number of halogens is 1. The van der Waals surface area contributed by atoms with Gasteiger partial charge in [0.2, 0.25) is 0 Å². The van der Waals surface area contributed by atoms with Crippen LogP contribution in [-0.2, 0) is 20.8 Å². The summed E-state index contributed by atoms with van der Waals surface area (Å²) in [7, 11) is 0. The Labute approximate surface area is 101 Å². The van der Waals surface area contributed by atoms with Gasteiger partial charge in [0.1, 0.15) is 6.67 Å². The van der Waals surface area contributed by atoms with Gasteiger partial charge in [-0.15, -0.1) is 0 Å². The lowest BCUT2D eigenvalue weighted by Gasteiger charge is -2.06. The summed E-state index contributed by atoms with van der Waals surface area (Å²) in [6, 6.07) is 9.98. The van der Waals surface area contributed by atoms with E-state index >= 15 is 0 Å². The van der Waals surface area contributed by atoms with E-state index in [1.807, 2.05) is 30.3 Å². The van der Waals surface area contributed by atoms with E-state index in [4.69, 9.17) is 14.2 Å². The van der Waals surface area contributed by atoms with E-state index in [9.17, 15) is 4.39 Å². The normalized spacial score (nSPS) is 10.6. The Morgan fingerprint density at radius 3 is 2.00 bits per heavy atom. The van der Waals surface area contributed by atoms with Crippen molar-refractivity contribution in [3.8, 4) is 0 Å². The summed E-state index contributed by atoms with van der Waals surface area (Å²) in [6.07, 6.45) is 0. The molecule has 96 valence electrons. The first kappa shape index (κ1) is 14.1. The minimum atomic E-state index is -0.444. The van der Waals surface area contributed by atoms with Crippen molar-refractivity contribution in [1.82, 2.24) is 0 Å². The maximum absolute atomic E-state index is 11.6. The monoisotopic (exact) mass is 242 g/mol. The quantitative estimate of drug-likeness (QED) is 0.589. The number of hydrogen-bond acceptors (Lipinski definition) is 3. The summed E-state index contributed by atoms with van der Waals surface area (Å²) in [6.45, 7) is 2.30. The highest BCUT2D eigenvalue weighted by Crippen LogP contribution is 1.99. The summed E-state index contributed by atoms with van der Waals surface area (Å²) in [5, 5.41) is 0. The standard InChI is InChI=1S/C13H19FO3/c14-6-7-15-8-9-16-10-11-17-12-13-4-2-1-3-5-13/h1-5H,6-12H2. The summed E-state index contributed by atoms with van der Waals surface area (Å²) in [5.74, 6) is 0. The van der Waals surface area contributed by atoms with E-state index in [0.29, 0.717) is 33.0 Å². The zero-order chi connectivity index (χ0) is 12.2. The molecule has 0 aromatic heterocycles. The van der Waals surface area contributed by atoms with E-state index in [-0.39, 0.29) is 6.61 Å². The first-order chi connectivity index (χ1) is 8.43. The Bertz CT molecular complexity index is 267. The fraction of sp³-hybridized carbons (Fsp3) is 0.538. The Morgan fingerprint density at radius 1 is 0.765 bits per heavy atom. The molecule has 0 aliphatic heterocycles. The number of hydrogen-bond donors (Lipinski definition) is 0. The Hall–Kier alpha value is -0.970. The average molecular weight is 242 g/mol. The molecule has 3 nitrogen and oxygen atoms in total. The van der Waals surface area contributed by atoms with Gasteiger partial charge in [-0.2, -0.15) is 0 Å². The van der Waals surface area contributed by atoms with Crippen molar-refractivity contribution in [3.05, 3.63) is 35.9 Å². The topological polar surface area (TPSA) is 27.7 Å². The predicted octanol–water partition coefficient (Wildman–Crippen LogP) is 2.21. The third-order valence-electron chi connectivity index (χ3n) is 2.08. The molecule has 0 unspecified atom stereocenters. The third kappa shape index (κ3) is 7.85. The smallest absolute Gasteiger partial charge is 0.113 e. The number of alkyl halides is 1. The highest BCUT2D eigenvalue weighted by atomic mass is 19.1. The first-order valence-corrected chi connectivity index (χ1v) is 5.76. The molecule has 0 N–H and O–H groups in total. The lowest BCUT2D eigenvalue weighted by Crippen LogP contribution is -2.10. The van der Waals surface area contributed by atoms with Gasteiger partial charge in [-0.25, -0.2) is 4.39 Å². The lowest BCUT2D eigenvalue weighted by molar-refractivity contribution is 0.00865. The van der Waals surface area contributed by atoms with E-state index in [1.54, 1.807) is 0 Å². The Kier molecular flexibility index (Phi) is 8.46.